The first-order valence-electron chi connectivity index (χ1n) is 10.2. The van der Waals surface area contributed by atoms with Crippen molar-refractivity contribution in [1.82, 2.24) is 14.9 Å². The molecule has 0 N–H and O–H groups in total. The van der Waals surface area contributed by atoms with Crippen LogP contribution in [0.2, 0.25) is 0 Å². The normalized spacial score (nSPS) is 17.8. The van der Waals surface area contributed by atoms with Crippen LogP contribution in [0.3, 0.4) is 0 Å². The quantitative estimate of drug-likeness (QED) is 0.643. The van der Waals surface area contributed by atoms with Gasteiger partial charge in [-0.05, 0) is 56.9 Å². The van der Waals surface area contributed by atoms with Crippen molar-refractivity contribution < 1.29 is 4.79 Å². The fraction of sp³-hybridized carbons (Fsp3) is 0.375. The monoisotopic (exact) mass is 373 g/mol. The highest BCUT2D eigenvalue weighted by atomic mass is 16.2. The van der Waals surface area contributed by atoms with E-state index in [1.807, 2.05) is 38.1 Å². The minimum atomic E-state index is 0.110. The molecule has 0 aliphatic carbocycles. The smallest absolute Gasteiger partial charge is 0.254 e. The van der Waals surface area contributed by atoms with Crippen molar-refractivity contribution in [3.63, 3.8) is 0 Å². The van der Waals surface area contributed by atoms with Gasteiger partial charge in [-0.25, -0.2) is 9.97 Å². The van der Waals surface area contributed by atoms with Gasteiger partial charge in [0.25, 0.3) is 5.91 Å². The lowest BCUT2D eigenvalue weighted by Gasteiger charge is -2.32. The summed E-state index contributed by atoms with van der Waals surface area (Å²) in [4.78, 5) is 24.7. The van der Waals surface area contributed by atoms with Gasteiger partial charge < -0.3 is 4.90 Å². The molecule has 1 aromatic heterocycles. The van der Waals surface area contributed by atoms with E-state index < -0.39 is 0 Å². The third-order valence-electron chi connectivity index (χ3n) is 6.01. The van der Waals surface area contributed by atoms with Crippen LogP contribution in [0.1, 0.15) is 59.4 Å². The van der Waals surface area contributed by atoms with Gasteiger partial charge in [-0.15, -0.1) is 0 Å². The molecule has 144 valence electrons. The summed E-state index contributed by atoms with van der Waals surface area (Å²) in [5, 5.41) is 0. The topological polar surface area (TPSA) is 46.1 Å². The number of hydrogen-bond acceptors (Lipinski definition) is 3. The molecular formula is C24H27N3O. The van der Waals surface area contributed by atoms with Crippen molar-refractivity contribution in [1.29, 1.82) is 0 Å². The van der Waals surface area contributed by atoms with E-state index in [0.717, 1.165) is 48.2 Å². The highest BCUT2D eigenvalue weighted by Crippen LogP contribution is 2.34. The van der Waals surface area contributed by atoms with Crippen LogP contribution in [0, 0.1) is 13.8 Å². The van der Waals surface area contributed by atoms with E-state index in [1.165, 1.54) is 5.56 Å². The van der Waals surface area contributed by atoms with E-state index in [-0.39, 0.29) is 11.9 Å². The van der Waals surface area contributed by atoms with Crippen LogP contribution in [0.4, 0.5) is 0 Å². The second kappa shape index (κ2) is 7.70. The summed E-state index contributed by atoms with van der Waals surface area (Å²) in [5.41, 5.74) is 5.50. The molecule has 2 heterocycles. The molecule has 4 nitrogen and oxygen atoms in total. The minimum Gasteiger partial charge on any atom is -0.335 e. The Bertz CT molecular complexity index is 999. The molecule has 0 saturated carbocycles. The molecular weight excluding hydrogens is 346 g/mol. The number of rotatable bonds is 4. The maximum Gasteiger partial charge on any atom is 0.254 e. The van der Waals surface area contributed by atoms with Crippen molar-refractivity contribution in [2.24, 2.45) is 0 Å². The first-order valence-corrected chi connectivity index (χ1v) is 10.2. The summed E-state index contributed by atoms with van der Waals surface area (Å²) < 4.78 is 0. The molecule has 4 heteroatoms. The summed E-state index contributed by atoms with van der Waals surface area (Å²) in [6, 6.07) is 16.6. The summed E-state index contributed by atoms with van der Waals surface area (Å²) in [5.74, 6) is 0.483. The van der Waals surface area contributed by atoms with E-state index in [0.29, 0.717) is 11.5 Å². The van der Waals surface area contributed by atoms with Gasteiger partial charge in [-0.1, -0.05) is 37.3 Å². The lowest BCUT2D eigenvalue weighted by atomic mass is 9.87. The van der Waals surface area contributed by atoms with E-state index in [9.17, 15) is 4.79 Å². The van der Waals surface area contributed by atoms with Gasteiger partial charge >= 0.3 is 0 Å². The molecule has 1 amide bonds. The summed E-state index contributed by atoms with van der Waals surface area (Å²) in [6.07, 6.45) is 3.15. The van der Waals surface area contributed by atoms with E-state index in [1.54, 1.807) is 0 Å². The van der Waals surface area contributed by atoms with Crippen molar-refractivity contribution in [2.45, 2.75) is 52.0 Å². The molecule has 1 aliphatic rings. The van der Waals surface area contributed by atoms with Gasteiger partial charge in [0.15, 0.2) is 0 Å². The Labute approximate surface area is 166 Å². The number of nitrogens with zero attached hydrogens (tertiary/aromatic N) is 3. The molecule has 1 fully saturated rings. The Morgan fingerprint density at radius 1 is 1.07 bits per heavy atom. The van der Waals surface area contributed by atoms with Gasteiger partial charge in [0, 0.05) is 24.1 Å². The Morgan fingerprint density at radius 3 is 2.50 bits per heavy atom. The molecule has 1 saturated heterocycles. The SMILES string of the molecule is CC[C@@H](c1ccccc1)[C@H]1CCCN1C(=O)c1ccc2nc(C)c(C)nc2c1. The van der Waals surface area contributed by atoms with Gasteiger partial charge in [0.2, 0.25) is 0 Å². The summed E-state index contributed by atoms with van der Waals surface area (Å²) in [7, 11) is 0. The standard InChI is InChI=1S/C24H27N3O/c1-4-20(18-9-6-5-7-10-18)23-11-8-14-27(23)24(28)19-12-13-21-22(15-19)26-17(3)16(2)25-21/h5-7,9-10,12-13,15,20,23H,4,8,11,14H2,1-3H3/t20-,23+/m0/s1. The second-order valence-corrected chi connectivity index (χ2v) is 7.73. The number of aromatic nitrogens is 2. The van der Waals surface area contributed by atoms with Crippen molar-refractivity contribution in [3.8, 4) is 0 Å². The maximum atomic E-state index is 13.4. The number of carbonyl (C=O) groups is 1. The number of aryl methyl sites for hydroxylation is 2. The third kappa shape index (κ3) is 3.39. The highest BCUT2D eigenvalue weighted by Gasteiger charge is 2.35. The molecule has 0 unspecified atom stereocenters. The number of carbonyl (C=O) groups excluding carboxylic acids is 1. The molecule has 2 atom stereocenters. The minimum absolute atomic E-state index is 0.110. The Morgan fingerprint density at radius 2 is 1.79 bits per heavy atom. The summed E-state index contributed by atoms with van der Waals surface area (Å²) >= 11 is 0. The number of benzene rings is 2. The first-order chi connectivity index (χ1) is 13.6. The molecule has 4 rings (SSSR count). The average molecular weight is 374 g/mol. The zero-order chi connectivity index (χ0) is 19.7. The van der Waals surface area contributed by atoms with Crippen molar-refractivity contribution in [2.75, 3.05) is 6.54 Å². The lowest BCUT2D eigenvalue weighted by Crippen LogP contribution is -2.39. The number of fused-ring (bicyclic) bond motifs is 1. The Hall–Kier alpha value is -2.75. The highest BCUT2D eigenvalue weighted by molar-refractivity contribution is 5.97. The van der Waals surface area contributed by atoms with Crippen LogP contribution < -0.4 is 0 Å². The van der Waals surface area contributed by atoms with Crippen LogP contribution in [0.15, 0.2) is 48.5 Å². The molecule has 28 heavy (non-hydrogen) atoms. The molecule has 0 bridgehead atoms. The zero-order valence-corrected chi connectivity index (χ0v) is 16.9. The first kappa shape index (κ1) is 18.6. The second-order valence-electron chi connectivity index (χ2n) is 7.73. The Kier molecular flexibility index (Phi) is 5.12. The number of likely N-dealkylation sites (tertiary alicyclic amines) is 1. The van der Waals surface area contributed by atoms with E-state index >= 15 is 0 Å². The molecule has 1 aliphatic heterocycles. The fourth-order valence-electron chi connectivity index (χ4n) is 4.42. The van der Waals surface area contributed by atoms with E-state index in [2.05, 4.69) is 46.1 Å². The van der Waals surface area contributed by atoms with Gasteiger partial charge in [0.1, 0.15) is 0 Å². The molecule has 0 spiro atoms. The number of hydrogen-bond donors (Lipinski definition) is 0. The van der Waals surface area contributed by atoms with Crippen molar-refractivity contribution >= 4 is 16.9 Å². The van der Waals surface area contributed by atoms with Gasteiger partial charge in [-0.2, -0.15) is 0 Å². The summed E-state index contributed by atoms with van der Waals surface area (Å²) in [6.45, 7) is 6.96. The zero-order valence-electron chi connectivity index (χ0n) is 16.9. The van der Waals surface area contributed by atoms with Gasteiger partial charge in [-0.3, -0.25) is 4.79 Å². The van der Waals surface area contributed by atoms with E-state index in [4.69, 9.17) is 0 Å². The van der Waals surface area contributed by atoms with Crippen LogP contribution in [-0.2, 0) is 0 Å². The Balaban J connectivity index is 1.65. The third-order valence-corrected chi connectivity index (χ3v) is 6.01. The van der Waals surface area contributed by atoms with Crippen molar-refractivity contribution in [3.05, 3.63) is 71.0 Å². The number of amides is 1. The lowest BCUT2D eigenvalue weighted by molar-refractivity contribution is 0.0714. The fourth-order valence-corrected chi connectivity index (χ4v) is 4.42. The largest absolute Gasteiger partial charge is 0.335 e. The van der Waals surface area contributed by atoms with Crippen LogP contribution >= 0.6 is 0 Å². The van der Waals surface area contributed by atoms with Crippen LogP contribution in [-0.4, -0.2) is 33.4 Å². The van der Waals surface area contributed by atoms with Crippen LogP contribution in [0.25, 0.3) is 11.0 Å². The molecule has 2 aromatic carbocycles. The average Bonchev–Trinajstić information content (AvgIpc) is 3.19. The van der Waals surface area contributed by atoms with Crippen LogP contribution in [0.5, 0.6) is 0 Å². The predicted octanol–water partition coefficient (Wildman–Crippen LogP) is 5.05. The predicted molar refractivity (Wildman–Crippen MR) is 113 cm³/mol. The molecule has 0 radical (unpaired) electrons. The molecule has 3 aromatic rings. The van der Waals surface area contributed by atoms with Gasteiger partial charge in [0.05, 0.1) is 22.4 Å². The maximum absolute atomic E-state index is 13.4.